The number of hydrogen-bond donors (Lipinski definition) is 2. The first-order valence-electron chi connectivity index (χ1n) is 5.61. The van der Waals surface area contributed by atoms with E-state index in [4.69, 9.17) is 5.73 Å². The molecule has 0 aromatic heterocycles. The van der Waals surface area contributed by atoms with Gasteiger partial charge >= 0.3 is 6.18 Å². The van der Waals surface area contributed by atoms with Crippen LogP contribution in [0, 0.1) is 5.92 Å². The van der Waals surface area contributed by atoms with E-state index in [2.05, 4.69) is 0 Å². The van der Waals surface area contributed by atoms with Crippen molar-refractivity contribution >= 4 is 5.91 Å². The Labute approximate surface area is 98.3 Å². The number of amides is 1. The summed E-state index contributed by atoms with van der Waals surface area (Å²) in [5, 5.41) is 1.86. The lowest BCUT2D eigenvalue weighted by atomic mass is 10.0. The molecule has 1 aliphatic rings. The van der Waals surface area contributed by atoms with Crippen LogP contribution in [0.2, 0.25) is 0 Å². The monoisotopic (exact) mass is 253 g/mol. The Bertz CT molecular complexity index is 270. The van der Waals surface area contributed by atoms with Crippen LogP contribution in [-0.2, 0) is 4.79 Å². The highest BCUT2D eigenvalue weighted by Crippen LogP contribution is 2.22. The van der Waals surface area contributed by atoms with Crippen LogP contribution in [0.15, 0.2) is 0 Å². The third-order valence-corrected chi connectivity index (χ3v) is 3.07. The summed E-state index contributed by atoms with van der Waals surface area (Å²) in [5.41, 5.74) is 5.58. The molecule has 100 valence electrons. The molecule has 0 saturated carbocycles. The molecule has 3 N–H and O–H groups in total. The number of nitrogens with zero attached hydrogens (tertiary/aromatic N) is 1. The molecule has 1 rings (SSSR count). The first-order valence-corrected chi connectivity index (χ1v) is 5.61. The summed E-state index contributed by atoms with van der Waals surface area (Å²) in [5.74, 6) is -0.217. The Hall–Kier alpha value is -0.820. The van der Waals surface area contributed by atoms with Crippen molar-refractivity contribution in [1.82, 2.24) is 10.2 Å². The van der Waals surface area contributed by atoms with Crippen LogP contribution in [0.25, 0.3) is 0 Å². The maximum Gasteiger partial charge on any atom is 0.405 e. The zero-order chi connectivity index (χ0) is 13.1. The molecule has 4 nitrogen and oxygen atoms in total. The summed E-state index contributed by atoms with van der Waals surface area (Å²) in [7, 11) is 0. The van der Waals surface area contributed by atoms with Gasteiger partial charge < -0.3 is 11.1 Å². The predicted octanol–water partition coefficient (Wildman–Crippen LogP) is 0.334. The highest BCUT2D eigenvalue weighted by Gasteiger charge is 2.32. The molecule has 0 bridgehead atoms. The van der Waals surface area contributed by atoms with Gasteiger partial charge in [0.2, 0.25) is 5.91 Å². The topological polar surface area (TPSA) is 58.4 Å². The van der Waals surface area contributed by atoms with Crippen molar-refractivity contribution in [2.24, 2.45) is 11.7 Å². The molecule has 1 heterocycles. The van der Waals surface area contributed by atoms with E-state index < -0.39 is 18.6 Å². The molecule has 0 aromatic rings. The van der Waals surface area contributed by atoms with Gasteiger partial charge in [0.1, 0.15) is 6.54 Å². The van der Waals surface area contributed by atoms with E-state index in [1.54, 1.807) is 0 Å². The van der Waals surface area contributed by atoms with Crippen molar-refractivity contribution in [2.45, 2.75) is 25.6 Å². The van der Waals surface area contributed by atoms with Crippen molar-refractivity contribution in [3.63, 3.8) is 0 Å². The lowest BCUT2D eigenvalue weighted by Crippen LogP contribution is -2.45. The average molecular weight is 253 g/mol. The van der Waals surface area contributed by atoms with Crippen molar-refractivity contribution in [2.75, 3.05) is 26.2 Å². The van der Waals surface area contributed by atoms with Gasteiger partial charge in [-0.05, 0) is 18.9 Å². The van der Waals surface area contributed by atoms with Crippen LogP contribution >= 0.6 is 0 Å². The second-order valence-electron chi connectivity index (χ2n) is 4.43. The molecule has 2 unspecified atom stereocenters. The van der Waals surface area contributed by atoms with Gasteiger partial charge in [0.05, 0.1) is 6.54 Å². The van der Waals surface area contributed by atoms with Crippen molar-refractivity contribution in [1.29, 1.82) is 0 Å². The van der Waals surface area contributed by atoms with E-state index in [9.17, 15) is 18.0 Å². The molecule has 0 aromatic carbocycles. The average Bonchev–Trinajstić information content (AvgIpc) is 2.55. The molecular weight excluding hydrogens is 235 g/mol. The predicted molar refractivity (Wildman–Crippen MR) is 57.3 cm³/mol. The second-order valence-corrected chi connectivity index (χ2v) is 4.43. The summed E-state index contributed by atoms with van der Waals surface area (Å²) in [6.07, 6.45) is -3.43. The third kappa shape index (κ3) is 4.51. The molecule has 1 aliphatic heterocycles. The molecule has 7 heteroatoms. The Morgan fingerprint density at radius 1 is 1.53 bits per heavy atom. The Balaban J connectivity index is 2.36. The molecule has 0 aliphatic carbocycles. The van der Waals surface area contributed by atoms with Gasteiger partial charge in [-0.15, -0.1) is 0 Å². The van der Waals surface area contributed by atoms with E-state index in [1.165, 1.54) is 0 Å². The zero-order valence-electron chi connectivity index (χ0n) is 9.76. The third-order valence-electron chi connectivity index (χ3n) is 3.07. The summed E-state index contributed by atoms with van der Waals surface area (Å²) in [4.78, 5) is 13.2. The molecule has 0 radical (unpaired) electrons. The standard InChI is InChI=1S/C10H18F3N3O/c1-7-2-3-16(8(7)4-14)5-9(17)15-6-10(11,12)13/h7-8H,2-6,14H2,1H3,(H,15,17). The van der Waals surface area contributed by atoms with Crippen LogP contribution in [0.1, 0.15) is 13.3 Å². The van der Waals surface area contributed by atoms with Gasteiger partial charge in [0, 0.05) is 12.6 Å². The Morgan fingerprint density at radius 3 is 2.71 bits per heavy atom. The number of carbonyl (C=O) groups excluding carboxylic acids is 1. The largest absolute Gasteiger partial charge is 0.405 e. The van der Waals surface area contributed by atoms with Crippen LogP contribution in [0.4, 0.5) is 13.2 Å². The SMILES string of the molecule is CC1CCN(CC(=O)NCC(F)(F)F)C1CN. The van der Waals surface area contributed by atoms with Crippen molar-refractivity contribution < 1.29 is 18.0 Å². The number of halogens is 3. The van der Waals surface area contributed by atoms with Gasteiger partial charge in [0.25, 0.3) is 0 Å². The number of rotatable bonds is 4. The Kier molecular flexibility index (Phi) is 4.76. The number of nitrogens with two attached hydrogens (primary N) is 1. The first-order chi connectivity index (χ1) is 7.83. The second kappa shape index (κ2) is 5.68. The summed E-state index contributed by atoms with van der Waals surface area (Å²) in [6.45, 7) is 1.88. The fourth-order valence-corrected chi connectivity index (χ4v) is 2.10. The van der Waals surface area contributed by atoms with Gasteiger partial charge in [0.15, 0.2) is 0 Å². The fraction of sp³-hybridized carbons (Fsp3) is 0.900. The van der Waals surface area contributed by atoms with Crippen LogP contribution in [0.3, 0.4) is 0 Å². The lowest BCUT2D eigenvalue weighted by molar-refractivity contribution is -0.139. The van der Waals surface area contributed by atoms with Crippen molar-refractivity contribution in [3.05, 3.63) is 0 Å². The van der Waals surface area contributed by atoms with Gasteiger partial charge in [-0.25, -0.2) is 0 Å². The van der Waals surface area contributed by atoms with E-state index in [-0.39, 0.29) is 12.6 Å². The van der Waals surface area contributed by atoms with Crippen LogP contribution in [-0.4, -0.2) is 49.2 Å². The van der Waals surface area contributed by atoms with Gasteiger partial charge in [-0.3, -0.25) is 9.69 Å². The summed E-state index contributed by atoms with van der Waals surface area (Å²) < 4.78 is 35.7. The van der Waals surface area contributed by atoms with E-state index in [1.807, 2.05) is 17.1 Å². The minimum Gasteiger partial charge on any atom is -0.346 e. The maximum atomic E-state index is 11.9. The van der Waals surface area contributed by atoms with E-state index in [0.29, 0.717) is 19.0 Å². The maximum absolute atomic E-state index is 11.9. The minimum atomic E-state index is -4.36. The minimum absolute atomic E-state index is 0.0116. The molecule has 1 saturated heterocycles. The summed E-state index contributed by atoms with van der Waals surface area (Å²) in [6, 6.07) is 0.0895. The molecule has 2 atom stereocenters. The summed E-state index contributed by atoms with van der Waals surface area (Å²) >= 11 is 0. The molecular formula is C10H18F3N3O. The van der Waals surface area contributed by atoms with Crippen molar-refractivity contribution in [3.8, 4) is 0 Å². The highest BCUT2D eigenvalue weighted by molar-refractivity contribution is 5.78. The molecule has 0 spiro atoms. The normalized spacial score (nSPS) is 26.2. The number of hydrogen-bond acceptors (Lipinski definition) is 3. The number of carbonyl (C=O) groups is 1. The quantitative estimate of drug-likeness (QED) is 0.759. The molecule has 17 heavy (non-hydrogen) atoms. The van der Waals surface area contributed by atoms with Crippen LogP contribution in [0.5, 0.6) is 0 Å². The number of likely N-dealkylation sites (tertiary alicyclic amines) is 1. The van der Waals surface area contributed by atoms with E-state index >= 15 is 0 Å². The first kappa shape index (κ1) is 14.2. The molecule has 1 amide bonds. The zero-order valence-corrected chi connectivity index (χ0v) is 9.76. The molecule has 1 fully saturated rings. The van der Waals surface area contributed by atoms with Crippen LogP contribution < -0.4 is 11.1 Å². The lowest BCUT2D eigenvalue weighted by Gasteiger charge is -2.24. The number of alkyl halides is 3. The number of nitrogens with one attached hydrogen (secondary N) is 1. The van der Waals surface area contributed by atoms with E-state index in [0.717, 1.165) is 6.42 Å². The smallest absolute Gasteiger partial charge is 0.346 e. The van der Waals surface area contributed by atoms with Gasteiger partial charge in [-0.1, -0.05) is 6.92 Å². The Morgan fingerprint density at radius 2 is 2.18 bits per heavy atom. The fourth-order valence-electron chi connectivity index (χ4n) is 2.10. The highest BCUT2D eigenvalue weighted by atomic mass is 19.4. The van der Waals surface area contributed by atoms with Gasteiger partial charge in [-0.2, -0.15) is 13.2 Å².